The van der Waals surface area contributed by atoms with E-state index in [2.05, 4.69) is 0 Å². The zero-order valence-corrected chi connectivity index (χ0v) is 14.1. The lowest BCUT2D eigenvalue weighted by Crippen LogP contribution is -2.52. The highest BCUT2D eigenvalue weighted by molar-refractivity contribution is 6.31. The van der Waals surface area contributed by atoms with Gasteiger partial charge in [-0.3, -0.25) is 4.79 Å². The van der Waals surface area contributed by atoms with Crippen molar-refractivity contribution in [3.63, 3.8) is 0 Å². The number of hydrogen-bond acceptors (Lipinski definition) is 2. The number of nitrogens with zero attached hydrogens (tertiary/aromatic N) is 1. The fourth-order valence-corrected chi connectivity index (χ4v) is 2.93. The summed E-state index contributed by atoms with van der Waals surface area (Å²) in [4.78, 5) is 14.2. The third kappa shape index (κ3) is 2.89. The molecule has 23 heavy (non-hydrogen) atoms. The second-order valence-electron chi connectivity index (χ2n) is 5.82. The molecule has 0 saturated carbocycles. The number of ether oxygens (including phenoxy) is 1. The summed E-state index contributed by atoms with van der Waals surface area (Å²) in [5, 5.41) is 0.732. The SMILES string of the molecule is CC1(C)Oc2ccc(Cl)cc2N(Cc2c(F)cccc2Cl)C1=O. The van der Waals surface area contributed by atoms with Crippen molar-refractivity contribution in [2.24, 2.45) is 0 Å². The second kappa shape index (κ2) is 5.69. The summed E-state index contributed by atoms with van der Waals surface area (Å²) in [5.41, 5.74) is -0.300. The van der Waals surface area contributed by atoms with Crippen LogP contribution in [-0.2, 0) is 11.3 Å². The maximum Gasteiger partial charge on any atom is 0.271 e. The Balaban J connectivity index is 2.10. The molecule has 0 aromatic heterocycles. The molecule has 120 valence electrons. The maximum atomic E-state index is 14.1. The van der Waals surface area contributed by atoms with Crippen molar-refractivity contribution < 1.29 is 13.9 Å². The first-order valence-electron chi connectivity index (χ1n) is 7.03. The van der Waals surface area contributed by atoms with E-state index in [1.807, 2.05) is 0 Å². The van der Waals surface area contributed by atoms with E-state index in [1.54, 1.807) is 38.1 Å². The van der Waals surface area contributed by atoms with E-state index in [4.69, 9.17) is 27.9 Å². The highest BCUT2D eigenvalue weighted by Gasteiger charge is 2.41. The molecule has 1 amide bonds. The summed E-state index contributed by atoms with van der Waals surface area (Å²) in [7, 11) is 0. The Labute approximate surface area is 143 Å². The van der Waals surface area contributed by atoms with E-state index < -0.39 is 11.4 Å². The van der Waals surface area contributed by atoms with Crippen LogP contribution in [0.2, 0.25) is 10.0 Å². The zero-order chi connectivity index (χ0) is 16.8. The van der Waals surface area contributed by atoms with Gasteiger partial charge in [0, 0.05) is 15.6 Å². The Bertz CT molecular complexity index is 772. The van der Waals surface area contributed by atoms with Gasteiger partial charge in [-0.15, -0.1) is 0 Å². The topological polar surface area (TPSA) is 29.5 Å². The molecule has 0 bridgehead atoms. The number of anilines is 1. The normalized spacial score (nSPS) is 16.0. The fraction of sp³-hybridized carbons (Fsp3) is 0.235. The molecule has 0 aliphatic carbocycles. The van der Waals surface area contributed by atoms with Crippen molar-refractivity contribution in [2.45, 2.75) is 26.0 Å². The summed E-state index contributed by atoms with van der Waals surface area (Å²) < 4.78 is 19.8. The van der Waals surface area contributed by atoms with Crippen molar-refractivity contribution in [2.75, 3.05) is 4.90 Å². The van der Waals surface area contributed by atoms with Gasteiger partial charge in [0.2, 0.25) is 0 Å². The largest absolute Gasteiger partial charge is 0.476 e. The molecule has 1 heterocycles. The number of hydrogen-bond donors (Lipinski definition) is 0. The molecule has 0 radical (unpaired) electrons. The van der Waals surface area contributed by atoms with E-state index in [-0.39, 0.29) is 23.0 Å². The van der Waals surface area contributed by atoms with Gasteiger partial charge in [0.05, 0.1) is 12.2 Å². The minimum atomic E-state index is -1.06. The summed E-state index contributed by atoms with van der Waals surface area (Å²) in [6.45, 7) is 3.34. The van der Waals surface area contributed by atoms with Crippen LogP contribution in [0, 0.1) is 5.82 Å². The second-order valence-corrected chi connectivity index (χ2v) is 6.66. The average molecular weight is 354 g/mol. The van der Waals surface area contributed by atoms with Gasteiger partial charge in [0.25, 0.3) is 5.91 Å². The fourth-order valence-electron chi connectivity index (χ4n) is 2.54. The van der Waals surface area contributed by atoms with E-state index in [9.17, 15) is 9.18 Å². The molecule has 0 spiro atoms. The predicted molar refractivity (Wildman–Crippen MR) is 88.8 cm³/mol. The van der Waals surface area contributed by atoms with Crippen LogP contribution in [0.25, 0.3) is 0 Å². The number of carbonyl (C=O) groups is 1. The van der Waals surface area contributed by atoms with Crippen LogP contribution in [0.4, 0.5) is 10.1 Å². The summed E-state index contributed by atoms with van der Waals surface area (Å²) >= 11 is 12.1. The van der Waals surface area contributed by atoms with Crippen molar-refractivity contribution in [3.8, 4) is 5.75 Å². The number of rotatable bonds is 2. The Hall–Kier alpha value is -1.78. The van der Waals surface area contributed by atoms with Crippen molar-refractivity contribution >= 4 is 34.8 Å². The molecule has 0 N–H and O–H groups in total. The highest BCUT2D eigenvalue weighted by Crippen LogP contribution is 2.40. The van der Waals surface area contributed by atoms with Crippen LogP contribution in [0.15, 0.2) is 36.4 Å². The van der Waals surface area contributed by atoms with E-state index in [0.29, 0.717) is 16.5 Å². The molecule has 3 rings (SSSR count). The minimum absolute atomic E-state index is 0.00444. The van der Waals surface area contributed by atoms with Gasteiger partial charge in [-0.2, -0.15) is 0 Å². The monoisotopic (exact) mass is 353 g/mol. The molecule has 0 fully saturated rings. The molecule has 0 unspecified atom stereocenters. The van der Waals surface area contributed by atoms with E-state index >= 15 is 0 Å². The zero-order valence-electron chi connectivity index (χ0n) is 12.6. The molecule has 2 aromatic rings. The minimum Gasteiger partial charge on any atom is -0.476 e. The van der Waals surface area contributed by atoms with Crippen LogP contribution in [0.1, 0.15) is 19.4 Å². The lowest BCUT2D eigenvalue weighted by atomic mass is 10.0. The van der Waals surface area contributed by atoms with Crippen LogP contribution in [-0.4, -0.2) is 11.5 Å². The van der Waals surface area contributed by atoms with Crippen LogP contribution in [0.3, 0.4) is 0 Å². The average Bonchev–Trinajstić information content (AvgIpc) is 2.47. The molecule has 6 heteroatoms. The van der Waals surface area contributed by atoms with Gasteiger partial charge in [-0.1, -0.05) is 29.3 Å². The predicted octanol–water partition coefficient (Wildman–Crippen LogP) is 4.84. The van der Waals surface area contributed by atoms with Crippen molar-refractivity contribution in [3.05, 3.63) is 57.8 Å². The Morgan fingerprint density at radius 2 is 1.96 bits per heavy atom. The van der Waals surface area contributed by atoms with Gasteiger partial charge in [0.1, 0.15) is 11.6 Å². The lowest BCUT2D eigenvalue weighted by molar-refractivity contribution is -0.132. The third-order valence-corrected chi connectivity index (χ3v) is 4.30. The molecule has 0 atom stereocenters. The Morgan fingerprint density at radius 1 is 1.22 bits per heavy atom. The van der Waals surface area contributed by atoms with Crippen LogP contribution >= 0.6 is 23.2 Å². The van der Waals surface area contributed by atoms with Crippen LogP contribution < -0.4 is 9.64 Å². The molecule has 0 saturated heterocycles. The van der Waals surface area contributed by atoms with Crippen molar-refractivity contribution in [1.29, 1.82) is 0 Å². The molecule has 1 aliphatic heterocycles. The standard InChI is InChI=1S/C17H14Cl2FNO2/c1-17(2)16(22)21(9-11-12(19)4-3-5-13(11)20)14-8-10(18)6-7-15(14)23-17/h3-8H,9H2,1-2H3. The summed E-state index contributed by atoms with van der Waals surface area (Å²) in [6, 6.07) is 9.43. The van der Waals surface area contributed by atoms with Gasteiger partial charge in [0.15, 0.2) is 5.60 Å². The van der Waals surface area contributed by atoms with Crippen LogP contribution in [0.5, 0.6) is 5.75 Å². The first-order valence-corrected chi connectivity index (χ1v) is 7.78. The molecule has 1 aliphatic rings. The summed E-state index contributed by atoms with van der Waals surface area (Å²) in [5.74, 6) is -0.226. The maximum absolute atomic E-state index is 14.1. The van der Waals surface area contributed by atoms with Gasteiger partial charge in [-0.25, -0.2) is 4.39 Å². The Morgan fingerprint density at radius 3 is 2.65 bits per heavy atom. The Kier molecular flexibility index (Phi) is 3.98. The van der Waals surface area contributed by atoms with E-state index in [1.165, 1.54) is 17.0 Å². The lowest BCUT2D eigenvalue weighted by Gasteiger charge is -2.39. The van der Waals surface area contributed by atoms with Gasteiger partial charge in [-0.05, 0) is 44.2 Å². The number of halogens is 3. The molecule has 3 nitrogen and oxygen atoms in total. The summed E-state index contributed by atoms with van der Waals surface area (Å²) in [6.07, 6.45) is 0. The quantitative estimate of drug-likeness (QED) is 0.773. The number of amides is 1. The first-order chi connectivity index (χ1) is 10.8. The third-order valence-electron chi connectivity index (χ3n) is 3.72. The molecule has 2 aromatic carbocycles. The number of fused-ring (bicyclic) bond motifs is 1. The van der Waals surface area contributed by atoms with Gasteiger partial charge >= 0.3 is 0 Å². The van der Waals surface area contributed by atoms with Gasteiger partial charge < -0.3 is 9.64 Å². The molecular formula is C17H14Cl2FNO2. The molecular weight excluding hydrogens is 340 g/mol. The smallest absolute Gasteiger partial charge is 0.271 e. The number of benzene rings is 2. The number of carbonyl (C=O) groups excluding carboxylic acids is 1. The van der Waals surface area contributed by atoms with E-state index in [0.717, 1.165) is 0 Å². The first kappa shape index (κ1) is 16.1. The highest BCUT2D eigenvalue weighted by atomic mass is 35.5. The van der Waals surface area contributed by atoms with Crippen molar-refractivity contribution in [1.82, 2.24) is 0 Å².